The molecule has 2 aliphatic rings. The number of hydrogen-bond donors (Lipinski definition) is 0. The summed E-state index contributed by atoms with van der Waals surface area (Å²) in [6, 6.07) is 29.3. The summed E-state index contributed by atoms with van der Waals surface area (Å²) in [7, 11) is 0. The number of likely N-dealkylation sites (tertiary alicyclic amines) is 1. The normalized spacial score (nSPS) is 20.9. The molecule has 1 atom stereocenters. The number of fused-ring (bicyclic) bond motifs is 2. The van der Waals surface area contributed by atoms with E-state index in [2.05, 4.69) is 65.6 Å². The maximum absolute atomic E-state index is 6.71. The minimum atomic E-state index is -0.511. The largest absolute Gasteiger partial charge is 0.472 e. The number of hydrogen-bond acceptors (Lipinski definition) is 3. The molecular formula is C24H22N2O. The predicted molar refractivity (Wildman–Crippen MR) is 108 cm³/mol. The van der Waals surface area contributed by atoms with Gasteiger partial charge in [-0.1, -0.05) is 72.8 Å². The zero-order valence-corrected chi connectivity index (χ0v) is 15.2. The average Bonchev–Trinajstić information content (AvgIpc) is 2.74. The Morgan fingerprint density at radius 3 is 2.37 bits per heavy atom. The standard InChI is InChI=1S/C24H22N2O/c1-3-10-19(11-4-1)18-26-17-9-16-24(20-12-5-2-6-13-20)23(26)25-21-14-7-8-15-22(21)27-24/h1-8,10-15H,9,16-18H2. The quantitative estimate of drug-likeness (QED) is 0.637. The molecule has 1 unspecified atom stereocenters. The number of aliphatic imine (C=N–C) groups is 1. The van der Waals surface area contributed by atoms with E-state index in [0.29, 0.717) is 0 Å². The monoisotopic (exact) mass is 354 g/mol. The second-order valence-electron chi connectivity index (χ2n) is 7.21. The molecule has 0 amide bonds. The van der Waals surface area contributed by atoms with Gasteiger partial charge in [-0.05, 0) is 24.1 Å². The van der Waals surface area contributed by atoms with Gasteiger partial charge in [-0.15, -0.1) is 0 Å². The highest BCUT2D eigenvalue weighted by atomic mass is 16.5. The fourth-order valence-electron chi connectivity index (χ4n) is 4.18. The van der Waals surface area contributed by atoms with Crippen LogP contribution in [0, 0.1) is 0 Å². The van der Waals surface area contributed by atoms with Gasteiger partial charge in [-0.25, -0.2) is 4.99 Å². The van der Waals surface area contributed by atoms with E-state index in [1.165, 1.54) is 11.1 Å². The molecule has 0 spiro atoms. The number of para-hydroxylation sites is 2. The van der Waals surface area contributed by atoms with Crippen molar-refractivity contribution < 1.29 is 4.74 Å². The molecule has 0 bridgehead atoms. The molecule has 3 heteroatoms. The Morgan fingerprint density at radius 1 is 0.852 bits per heavy atom. The van der Waals surface area contributed by atoms with Gasteiger partial charge in [-0.3, -0.25) is 0 Å². The molecule has 2 heterocycles. The van der Waals surface area contributed by atoms with Crippen molar-refractivity contribution in [2.75, 3.05) is 6.54 Å². The smallest absolute Gasteiger partial charge is 0.191 e. The van der Waals surface area contributed by atoms with Crippen LogP contribution < -0.4 is 4.74 Å². The van der Waals surface area contributed by atoms with E-state index in [0.717, 1.165) is 43.2 Å². The predicted octanol–water partition coefficient (Wildman–Crippen LogP) is 5.30. The van der Waals surface area contributed by atoms with Crippen molar-refractivity contribution in [1.82, 2.24) is 4.90 Å². The molecule has 1 saturated heterocycles. The third-order valence-corrected chi connectivity index (χ3v) is 5.45. The van der Waals surface area contributed by atoms with Gasteiger partial charge in [0.05, 0.1) is 0 Å². The second-order valence-corrected chi connectivity index (χ2v) is 7.21. The lowest BCUT2D eigenvalue weighted by molar-refractivity contribution is 0.0843. The third-order valence-electron chi connectivity index (χ3n) is 5.45. The lowest BCUT2D eigenvalue weighted by Crippen LogP contribution is -2.55. The van der Waals surface area contributed by atoms with Crippen LogP contribution in [0.15, 0.2) is 89.9 Å². The molecule has 5 rings (SSSR count). The fraction of sp³-hybridized carbons (Fsp3) is 0.208. The van der Waals surface area contributed by atoms with E-state index >= 15 is 0 Å². The summed E-state index contributed by atoms with van der Waals surface area (Å²) in [5, 5.41) is 0. The van der Waals surface area contributed by atoms with Crippen molar-refractivity contribution in [3.8, 4) is 5.75 Å². The first-order valence-corrected chi connectivity index (χ1v) is 9.57. The second kappa shape index (κ2) is 6.58. The van der Waals surface area contributed by atoms with Crippen LogP contribution in [-0.2, 0) is 12.1 Å². The van der Waals surface area contributed by atoms with Crippen LogP contribution >= 0.6 is 0 Å². The first-order valence-electron chi connectivity index (χ1n) is 9.57. The third kappa shape index (κ3) is 2.80. The van der Waals surface area contributed by atoms with E-state index < -0.39 is 5.60 Å². The maximum Gasteiger partial charge on any atom is 0.191 e. The Labute approximate surface area is 159 Å². The van der Waals surface area contributed by atoms with Crippen molar-refractivity contribution in [3.05, 3.63) is 96.1 Å². The molecule has 134 valence electrons. The molecule has 0 N–H and O–H groups in total. The summed E-state index contributed by atoms with van der Waals surface area (Å²) in [6.07, 6.45) is 2.01. The zero-order chi connectivity index (χ0) is 18.1. The van der Waals surface area contributed by atoms with Crippen LogP contribution in [0.2, 0.25) is 0 Å². The van der Waals surface area contributed by atoms with E-state index in [1.807, 2.05) is 24.3 Å². The summed E-state index contributed by atoms with van der Waals surface area (Å²) in [6.45, 7) is 1.84. The summed E-state index contributed by atoms with van der Waals surface area (Å²) in [4.78, 5) is 7.50. The van der Waals surface area contributed by atoms with Crippen molar-refractivity contribution in [2.45, 2.75) is 25.0 Å². The Morgan fingerprint density at radius 2 is 1.56 bits per heavy atom. The first-order chi connectivity index (χ1) is 13.4. The Hall–Kier alpha value is -3.07. The minimum Gasteiger partial charge on any atom is -0.472 e. The highest BCUT2D eigenvalue weighted by Crippen LogP contribution is 2.46. The summed E-state index contributed by atoms with van der Waals surface area (Å²) < 4.78 is 6.71. The number of amidine groups is 1. The molecule has 1 fully saturated rings. The average molecular weight is 354 g/mol. The summed E-state index contributed by atoms with van der Waals surface area (Å²) in [5.74, 6) is 1.90. The van der Waals surface area contributed by atoms with Crippen LogP contribution in [0.4, 0.5) is 5.69 Å². The van der Waals surface area contributed by atoms with Crippen molar-refractivity contribution >= 4 is 11.5 Å². The van der Waals surface area contributed by atoms with Gasteiger partial charge in [-0.2, -0.15) is 0 Å². The number of ether oxygens (including phenoxy) is 1. The van der Waals surface area contributed by atoms with Gasteiger partial charge >= 0.3 is 0 Å². The van der Waals surface area contributed by atoms with Gasteiger partial charge in [0, 0.05) is 25.1 Å². The minimum absolute atomic E-state index is 0.511. The van der Waals surface area contributed by atoms with E-state index in [4.69, 9.17) is 9.73 Å². The Bertz CT molecular complexity index is 968. The molecule has 3 nitrogen and oxygen atoms in total. The lowest BCUT2D eigenvalue weighted by atomic mass is 9.83. The first kappa shape index (κ1) is 16.1. The molecule has 2 aliphatic heterocycles. The lowest BCUT2D eigenvalue weighted by Gasteiger charge is -2.47. The molecular weight excluding hydrogens is 332 g/mol. The molecule has 27 heavy (non-hydrogen) atoms. The highest BCUT2D eigenvalue weighted by Gasteiger charge is 2.47. The van der Waals surface area contributed by atoms with Crippen LogP contribution in [0.3, 0.4) is 0 Å². The van der Waals surface area contributed by atoms with Crippen LogP contribution in [-0.4, -0.2) is 17.3 Å². The van der Waals surface area contributed by atoms with Crippen LogP contribution in [0.5, 0.6) is 5.75 Å². The molecule has 0 saturated carbocycles. The van der Waals surface area contributed by atoms with Crippen LogP contribution in [0.1, 0.15) is 24.0 Å². The Balaban J connectivity index is 1.63. The van der Waals surface area contributed by atoms with Gasteiger partial charge in [0.2, 0.25) is 0 Å². The fourth-order valence-corrected chi connectivity index (χ4v) is 4.18. The molecule has 3 aromatic rings. The topological polar surface area (TPSA) is 24.8 Å². The SMILES string of the molecule is c1ccc(CN2CCCC3(c4ccccc4)Oc4ccccc4N=C23)cc1. The number of nitrogens with zero attached hydrogens (tertiary/aromatic N) is 2. The van der Waals surface area contributed by atoms with Crippen molar-refractivity contribution in [3.63, 3.8) is 0 Å². The summed E-state index contributed by atoms with van der Waals surface area (Å²) >= 11 is 0. The van der Waals surface area contributed by atoms with Gasteiger partial charge < -0.3 is 9.64 Å². The van der Waals surface area contributed by atoms with Crippen molar-refractivity contribution in [1.29, 1.82) is 0 Å². The van der Waals surface area contributed by atoms with Gasteiger partial charge in [0.25, 0.3) is 0 Å². The van der Waals surface area contributed by atoms with Crippen molar-refractivity contribution in [2.24, 2.45) is 4.99 Å². The van der Waals surface area contributed by atoms with Crippen LogP contribution in [0.25, 0.3) is 0 Å². The van der Waals surface area contributed by atoms with E-state index in [9.17, 15) is 0 Å². The van der Waals surface area contributed by atoms with Gasteiger partial charge in [0.15, 0.2) is 11.4 Å². The number of piperidine rings is 1. The Kier molecular flexibility index (Phi) is 3.93. The number of benzene rings is 3. The van der Waals surface area contributed by atoms with E-state index in [-0.39, 0.29) is 0 Å². The van der Waals surface area contributed by atoms with E-state index in [1.54, 1.807) is 0 Å². The zero-order valence-electron chi connectivity index (χ0n) is 15.2. The van der Waals surface area contributed by atoms with Gasteiger partial charge in [0.1, 0.15) is 11.4 Å². The molecule has 0 aliphatic carbocycles. The molecule has 3 aromatic carbocycles. The molecule has 0 radical (unpaired) electrons. The maximum atomic E-state index is 6.71. The molecule has 0 aromatic heterocycles. The highest BCUT2D eigenvalue weighted by molar-refractivity contribution is 5.96. The number of rotatable bonds is 3. The summed E-state index contributed by atoms with van der Waals surface area (Å²) in [5.41, 5.74) is 2.88.